The number of carbonyl (C=O) groups is 2. The Morgan fingerprint density at radius 3 is 1.29 bits per heavy atom. The van der Waals surface area contributed by atoms with Crippen molar-refractivity contribution in [3.63, 3.8) is 0 Å². The summed E-state index contributed by atoms with van der Waals surface area (Å²) >= 11 is 0. The van der Waals surface area contributed by atoms with Gasteiger partial charge >= 0.3 is 0 Å². The van der Waals surface area contributed by atoms with Gasteiger partial charge in [0.2, 0.25) is 0 Å². The summed E-state index contributed by atoms with van der Waals surface area (Å²) in [6.45, 7) is 18.1. The van der Waals surface area contributed by atoms with Crippen LogP contribution in [0.5, 0.6) is 0 Å². The van der Waals surface area contributed by atoms with E-state index in [4.69, 9.17) is 10.2 Å². The molecule has 0 amide bonds. The largest absolute Gasteiger partial charge is 0.547 e. The molecular weight excluding hydrogens is 488 g/mol. The summed E-state index contributed by atoms with van der Waals surface area (Å²) in [4.78, 5) is 19.3. The average molecular weight is 539 g/mol. The molecule has 0 bridgehead atoms. The standard InChI is InChI=1S/2C12H23N2.C4H6O6/c2*1-4-6-8-13-10-11-14(12(13)3)9-7-5-2;5-1(3(7)8)2(6)4(9)10/h2*10-11H,4-9H2,1-3H3;1-2,5-6H,(H,7,8)(H,9,10)/q2*+1;/p-2. The Kier molecular flexibility index (Phi) is 18.8. The Balaban J connectivity index is 0.000000551. The second kappa shape index (κ2) is 20.3. The Labute approximate surface area is 228 Å². The molecule has 0 spiro atoms. The van der Waals surface area contributed by atoms with Crippen molar-refractivity contribution in [2.45, 2.75) is 131 Å². The highest BCUT2D eigenvalue weighted by atomic mass is 16.4. The van der Waals surface area contributed by atoms with Gasteiger partial charge in [0.1, 0.15) is 37.0 Å². The van der Waals surface area contributed by atoms with E-state index in [1.807, 2.05) is 0 Å². The molecule has 0 aliphatic carbocycles. The summed E-state index contributed by atoms with van der Waals surface area (Å²) < 4.78 is 9.44. The number of aryl methyl sites for hydroxylation is 4. The monoisotopic (exact) mass is 538 g/mol. The molecule has 0 aromatic carbocycles. The minimum absolute atomic E-state index is 1.17. The first kappa shape index (κ1) is 35.3. The van der Waals surface area contributed by atoms with Gasteiger partial charge in [-0.3, -0.25) is 0 Å². The van der Waals surface area contributed by atoms with Crippen molar-refractivity contribution in [1.82, 2.24) is 9.13 Å². The van der Waals surface area contributed by atoms with Gasteiger partial charge in [0, 0.05) is 13.8 Å². The SMILES string of the molecule is CCCCn1cc[n+](CCCC)c1C.CCCCn1cc[n+](CCCC)c1C.O=C([O-])C(O)C(O)C(=O)[O-]. The van der Waals surface area contributed by atoms with Crippen molar-refractivity contribution >= 4 is 11.9 Å². The second-order valence-corrected chi connectivity index (χ2v) is 9.41. The maximum atomic E-state index is 9.63. The zero-order chi connectivity index (χ0) is 29.1. The van der Waals surface area contributed by atoms with Crippen LogP contribution in [0.25, 0.3) is 0 Å². The van der Waals surface area contributed by atoms with Gasteiger partial charge in [-0.1, -0.05) is 53.4 Å². The van der Waals surface area contributed by atoms with E-state index >= 15 is 0 Å². The third kappa shape index (κ3) is 13.2. The molecule has 0 radical (unpaired) electrons. The molecule has 2 rings (SSSR count). The number of carbonyl (C=O) groups excluding carboxylic acids is 2. The maximum Gasteiger partial charge on any atom is 0.253 e. The minimum atomic E-state index is -2.44. The highest BCUT2D eigenvalue weighted by Gasteiger charge is 2.17. The molecule has 10 nitrogen and oxygen atoms in total. The number of unbranched alkanes of at least 4 members (excludes halogenated alkanes) is 4. The number of aromatic nitrogens is 4. The van der Waals surface area contributed by atoms with E-state index in [1.165, 1.54) is 89.2 Å². The van der Waals surface area contributed by atoms with Crippen LogP contribution >= 0.6 is 0 Å². The molecule has 2 atom stereocenters. The van der Waals surface area contributed by atoms with E-state index in [0.29, 0.717) is 0 Å². The smallest absolute Gasteiger partial charge is 0.253 e. The van der Waals surface area contributed by atoms with Gasteiger partial charge in [-0.15, -0.1) is 0 Å². The highest BCUT2D eigenvalue weighted by Crippen LogP contribution is 2.00. The van der Waals surface area contributed by atoms with E-state index in [9.17, 15) is 19.8 Å². The second-order valence-electron chi connectivity index (χ2n) is 9.41. The zero-order valence-electron chi connectivity index (χ0n) is 24.3. The first-order chi connectivity index (χ1) is 18.0. The van der Waals surface area contributed by atoms with E-state index < -0.39 is 24.1 Å². The molecule has 0 fully saturated rings. The van der Waals surface area contributed by atoms with Crippen LogP contribution in [0.15, 0.2) is 24.8 Å². The van der Waals surface area contributed by atoms with Crippen LogP contribution in [-0.4, -0.2) is 43.5 Å². The van der Waals surface area contributed by atoms with Crippen molar-refractivity contribution in [3.05, 3.63) is 36.4 Å². The molecular formula is C28H50N4O6. The third-order valence-electron chi connectivity index (χ3n) is 6.31. The van der Waals surface area contributed by atoms with Crippen LogP contribution in [0.2, 0.25) is 0 Å². The van der Waals surface area contributed by atoms with Gasteiger partial charge in [0.05, 0.1) is 38.1 Å². The molecule has 38 heavy (non-hydrogen) atoms. The predicted molar refractivity (Wildman–Crippen MR) is 140 cm³/mol. The van der Waals surface area contributed by atoms with Gasteiger partial charge in [0.15, 0.2) is 0 Å². The number of aliphatic hydroxyl groups is 2. The Bertz CT molecular complexity index is 799. The Hall–Kier alpha value is -2.72. The number of carboxylic acid groups (broad SMARTS) is 2. The molecule has 2 aromatic heterocycles. The van der Waals surface area contributed by atoms with Crippen LogP contribution in [0.1, 0.15) is 90.7 Å². The first-order valence-corrected chi connectivity index (χ1v) is 13.9. The predicted octanol–water partition coefficient (Wildman–Crippen LogP) is 0.576. The van der Waals surface area contributed by atoms with Gasteiger partial charge < -0.3 is 30.0 Å². The number of rotatable bonds is 15. The number of aliphatic carboxylic acids is 2. The lowest BCUT2D eigenvalue weighted by Gasteiger charge is -2.18. The quantitative estimate of drug-likeness (QED) is 0.318. The van der Waals surface area contributed by atoms with Gasteiger partial charge in [0.25, 0.3) is 11.6 Å². The maximum absolute atomic E-state index is 9.63. The molecule has 0 aliphatic heterocycles. The molecule has 2 unspecified atom stereocenters. The van der Waals surface area contributed by atoms with Gasteiger partial charge in [-0.05, 0) is 25.7 Å². The molecule has 0 saturated carbocycles. The van der Waals surface area contributed by atoms with E-state index in [-0.39, 0.29) is 0 Å². The molecule has 2 heterocycles. The van der Waals surface area contributed by atoms with Crippen molar-refractivity contribution in [2.75, 3.05) is 0 Å². The summed E-state index contributed by atoms with van der Waals surface area (Å²) in [7, 11) is 0. The number of nitrogens with zero attached hydrogens (tertiary/aromatic N) is 4. The van der Waals surface area contributed by atoms with E-state index in [1.54, 1.807) is 0 Å². The fourth-order valence-corrected chi connectivity index (χ4v) is 3.60. The van der Waals surface area contributed by atoms with Crippen LogP contribution in [0, 0.1) is 13.8 Å². The van der Waals surface area contributed by atoms with Crippen molar-refractivity contribution in [2.24, 2.45) is 0 Å². The Morgan fingerprint density at radius 1 is 0.711 bits per heavy atom. The van der Waals surface area contributed by atoms with Gasteiger partial charge in [-0.25, -0.2) is 18.3 Å². The topological polar surface area (TPSA) is 138 Å². The van der Waals surface area contributed by atoms with Gasteiger partial charge in [-0.2, -0.15) is 0 Å². The lowest BCUT2D eigenvalue weighted by atomic mass is 10.2. The third-order valence-corrected chi connectivity index (χ3v) is 6.31. The number of imidazole rings is 2. The number of hydrogen-bond donors (Lipinski definition) is 2. The molecule has 0 aliphatic rings. The van der Waals surface area contributed by atoms with Crippen molar-refractivity contribution < 1.29 is 39.1 Å². The van der Waals surface area contributed by atoms with Crippen LogP contribution in [-0.2, 0) is 35.8 Å². The van der Waals surface area contributed by atoms with Crippen LogP contribution in [0.4, 0.5) is 0 Å². The Morgan fingerprint density at radius 2 is 1.03 bits per heavy atom. The molecule has 10 heteroatoms. The molecule has 218 valence electrons. The molecule has 2 N–H and O–H groups in total. The highest BCUT2D eigenvalue weighted by molar-refractivity contribution is 5.80. The average Bonchev–Trinajstić information content (AvgIpc) is 3.44. The van der Waals surface area contributed by atoms with E-state index in [2.05, 4.69) is 84.6 Å². The summed E-state index contributed by atoms with van der Waals surface area (Å²) in [6, 6.07) is 0. The fraction of sp³-hybridized carbons (Fsp3) is 0.714. The normalized spacial score (nSPS) is 12.1. The molecule has 2 aromatic rings. The summed E-state index contributed by atoms with van der Waals surface area (Å²) in [5.41, 5.74) is 0. The summed E-state index contributed by atoms with van der Waals surface area (Å²) in [5.74, 6) is -1.33. The summed E-state index contributed by atoms with van der Waals surface area (Å²) in [5, 5.41) is 35.7. The summed E-state index contributed by atoms with van der Waals surface area (Å²) in [6.07, 6.45) is 14.2. The first-order valence-electron chi connectivity index (χ1n) is 13.9. The zero-order valence-corrected chi connectivity index (χ0v) is 24.3. The number of aliphatic hydroxyl groups excluding tert-OH is 2. The van der Waals surface area contributed by atoms with Crippen LogP contribution in [0.3, 0.4) is 0 Å². The van der Waals surface area contributed by atoms with E-state index in [0.717, 1.165) is 0 Å². The van der Waals surface area contributed by atoms with Crippen molar-refractivity contribution in [3.8, 4) is 0 Å². The lowest BCUT2D eigenvalue weighted by Crippen LogP contribution is -2.51. The van der Waals surface area contributed by atoms with Crippen molar-refractivity contribution in [1.29, 1.82) is 0 Å². The number of hydrogen-bond acceptors (Lipinski definition) is 6. The number of carboxylic acids is 2. The lowest BCUT2D eigenvalue weighted by molar-refractivity contribution is -0.703. The molecule has 0 saturated heterocycles. The fourth-order valence-electron chi connectivity index (χ4n) is 3.60. The minimum Gasteiger partial charge on any atom is -0.547 e. The van der Waals surface area contributed by atoms with Crippen LogP contribution < -0.4 is 19.3 Å².